The lowest BCUT2D eigenvalue weighted by Crippen LogP contribution is -2.11. The van der Waals surface area contributed by atoms with Crippen LogP contribution in [0.1, 0.15) is 9.75 Å². The highest BCUT2D eigenvalue weighted by molar-refractivity contribution is 7.13. The first-order valence-corrected chi connectivity index (χ1v) is 9.54. The van der Waals surface area contributed by atoms with Crippen LogP contribution >= 0.6 is 22.7 Å². The highest BCUT2D eigenvalue weighted by Gasteiger charge is 2.10. The summed E-state index contributed by atoms with van der Waals surface area (Å²) in [6.45, 7) is 2.06. The van der Waals surface area contributed by atoms with Crippen molar-refractivity contribution < 1.29 is 8.81 Å². The van der Waals surface area contributed by atoms with Crippen molar-refractivity contribution in [3.05, 3.63) is 80.5 Å². The summed E-state index contributed by atoms with van der Waals surface area (Å²) in [7, 11) is 0. The largest absolute Gasteiger partial charge is 0.463 e. The third-order valence-electron chi connectivity index (χ3n) is 3.57. The van der Waals surface area contributed by atoms with E-state index in [1.165, 1.54) is 28.3 Å². The third kappa shape index (κ3) is 3.58. The second-order valence-electron chi connectivity index (χ2n) is 5.47. The quantitative estimate of drug-likeness (QED) is 0.433. The van der Waals surface area contributed by atoms with E-state index in [4.69, 9.17) is 4.42 Å². The molecule has 0 atom stereocenters. The van der Waals surface area contributed by atoms with Crippen LogP contribution in [0.2, 0.25) is 0 Å². The molecule has 0 N–H and O–H groups in total. The van der Waals surface area contributed by atoms with Crippen molar-refractivity contribution in [3.63, 3.8) is 0 Å². The molecule has 1 aromatic carbocycles. The summed E-state index contributed by atoms with van der Waals surface area (Å²) in [5.41, 5.74) is 1.47. The summed E-state index contributed by atoms with van der Waals surface area (Å²) >= 11 is 3.12. The van der Waals surface area contributed by atoms with Gasteiger partial charge in [0.05, 0.1) is 18.2 Å². The molecule has 4 nitrogen and oxygen atoms in total. The van der Waals surface area contributed by atoms with Crippen molar-refractivity contribution in [2.45, 2.75) is 6.92 Å². The Hall–Kier alpha value is -2.77. The van der Waals surface area contributed by atoms with E-state index < -0.39 is 0 Å². The maximum atomic E-state index is 13.1. The number of thiophene rings is 1. The summed E-state index contributed by atoms with van der Waals surface area (Å²) in [6, 6.07) is 13.9. The minimum Gasteiger partial charge on any atom is -0.463 e. The van der Waals surface area contributed by atoms with Crippen LogP contribution < -0.4 is 4.80 Å². The topological polar surface area (TPSA) is 42.8 Å². The molecular formula is C19H14FN3OS2. The maximum Gasteiger partial charge on any atom is 0.211 e. The smallest absolute Gasteiger partial charge is 0.211 e. The zero-order valence-corrected chi connectivity index (χ0v) is 15.4. The first kappa shape index (κ1) is 16.7. The second-order valence-corrected chi connectivity index (χ2v) is 7.63. The van der Waals surface area contributed by atoms with Crippen molar-refractivity contribution in [2.24, 2.45) is 10.1 Å². The van der Waals surface area contributed by atoms with E-state index in [0.29, 0.717) is 16.2 Å². The molecule has 0 amide bonds. The van der Waals surface area contributed by atoms with Crippen molar-refractivity contribution >= 4 is 34.6 Å². The Labute approximate surface area is 157 Å². The van der Waals surface area contributed by atoms with Crippen LogP contribution in [0.4, 0.5) is 10.1 Å². The zero-order chi connectivity index (χ0) is 17.9. The van der Waals surface area contributed by atoms with Crippen molar-refractivity contribution in [1.29, 1.82) is 0 Å². The fourth-order valence-corrected chi connectivity index (χ4v) is 3.93. The first-order chi connectivity index (χ1) is 12.7. The van der Waals surface area contributed by atoms with Gasteiger partial charge in [-0.2, -0.15) is 5.10 Å². The van der Waals surface area contributed by atoms with Gasteiger partial charge in [0.25, 0.3) is 0 Å². The number of halogens is 1. The molecule has 0 spiro atoms. The molecule has 0 aliphatic carbocycles. The van der Waals surface area contributed by atoms with Gasteiger partial charge in [-0.05, 0) is 55.5 Å². The van der Waals surface area contributed by atoms with Gasteiger partial charge in [-0.15, -0.1) is 22.7 Å². The van der Waals surface area contributed by atoms with Crippen molar-refractivity contribution in [3.8, 4) is 11.5 Å². The van der Waals surface area contributed by atoms with E-state index in [1.807, 2.05) is 23.6 Å². The lowest BCUT2D eigenvalue weighted by atomic mass is 10.3. The molecule has 4 rings (SSSR count). The SMILES string of the molecule is Cc1ccc(C=Nn2c(-c3ccco3)csc2=Nc2ccc(F)cc2)s1. The summed E-state index contributed by atoms with van der Waals surface area (Å²) < 4.78 is 20.4. The van der Waals surface area contributed by atoms with E-state index in [1.54, 1.807) is 40.6 Å². The monoisotopic (exact) mass is 383 g/mol. The van der Waals surface area contributed by atoms with Crippen LogP contribution in [0.5, 0.6) is 0 Å². The molecule has 0 radical (unpaired) electrons. The zero-order valence-electron chi connectivity index (χ0n) is 13.8. The fraction of sp³-hybridized carbons (Fsp3) is 0.0526. The Morgan fingerprint density at radius 3 is 2.65 bits per heavy atom. The highest BCUT2D eigenvalue weighted by Crippen LogP contribution is 2.22. The molecule has 0 fully saturated rings. The number of aromatic nitrogens is 1. The van der Waals surface area contributed by atoms with Crippen LogP contribution in [0.3, 0.4) is 0 Å². The number of aryl methyl sites for hydroxylation is 1. The third-order valence-corrected chi connectivity index (χ3v) is 5.32. The Morgan fingerprint density at radius 2 is 1.96 bits per heavy atom. The van der Waals surface area contributed by atoms with Gasteiger partial charge in [0.1, 0.15) is 11.5 Å². The molecule has 26 heavy (non-hydrogen) atoms. The van der Waals surface area contributed by atoms with Crippen LogP contribution in [-0.4, -0.2) is 10.9 Å². The number of rotatable bonds is 4. The van der Waals surface area contributed by atoms with Crippen LogP contribution in [0.15, 0.2) is 74.7 Å². The van der Waals surface area contributed by atoms with Gasteiger partial charge in [0.15, 0.2) is 5.76 Å². The van der Waals surface area contributed by atoms with Gasteiger partial charge in [0.2, 0.25) is 4.80 Å². The van der Waals surface area contributed by atoms with E-state index in [2.05, 4.69) is 23.1 Å². The maximum absolute atomic E-state index is 13.1. The molecular weight excluding hydrogens is 369 g/mol. The molecule has 0 aliphatic rings. The molecule has 0 unspecified atom stereocenters. The van der Waals surface area contributed by atoms with E-state index in [0.717, 1.165) is 10.6 Å². The van der Waals surface area contributed by atoms with E-state index in [9.17, 15) is 4.39 Å². The molecule has 7 heteroatoms. The van der Waals surface area contributed by atoms with Crippen molar-refractivity contribution in [2.75, 3.05) is 0 Å². The molecule has 3 heterocycles. The predicted octanol–water partition coefficient (Wildman–Crippen LogP) is 5.43. The Balaban J connectivity index is 1.81. The standard InChI is InChI=1S/C19H14FN3OS2/c1-13-4-9-16(26-13)11-21-23-17(18-3-2-10-24-18)12-25-19(23)22-15-7-5-14(20)6-8-15/h2-12H,1H3. The van der Waals surface area contributed by atoms with Gasteiger partial charge in [-0.25, -0.2) is 14.1 Å². The number of hydrogen-bond acceptors (Lipinski definition) is 5. The lowest BCUT2D eigenvalue weighted by Gasteiger charge is -2.00. The molecule has 4 aromatic rings. The minimum atomic E-state index is -0.287. The molecule has 0 saturated carbocycles. The summed E-state index contributed by atoms with van der Waals surface area (Å²) in [5, 5.41) is 6.55. The lowest BCUT2D eigenvalue weighted by molar-refractivity contribution is 0.575. The average Bonchev–Trinajstić information content (AvgIpc) is 3.36. The van der Waals surface area contributed by atoms with Gasteiger partial charge in [-0.3, -0.25) is 0 Å². The Bertz CT molecular complexity index is 1100. The van der Waals surface area contributed by atoms with Crippen LogP contribution in [0.25, 0.3) is 11.5 Å². The predicted molar refractivity (Wildman–Crippen MR) is 104 cm³/mol. The molecule has 0 aliphatic heterocycles. The summed E-state index contributed by atoms with van der Waals surface area (Å²) in [6.07, 6.45) is 3.43. The minimum absolute atomic E-state index is 0.287. The summed E-state index contributed by atoms with van der Waals surface area (Å²) in [4.78, 5) is 7.55. The molecule has 130 valence electrons. The number of thiazole rings is 1. The number of hydrogen-bond donors (Lipinski definition) is 0. The highest BCUT2D eigenvalue weighted by atomic mass is 32.1. The number of benzene rings is 1. The normalized spacial score (nSPS) is 12.3. The first-order valence-electron chi connectivity index (χ1n) is 7.84. The number of nitrogens with zero attached hydrogens (tertiary/aromatic N) is 3. The van der Waals surface area contributed by atoms with E-state index in [-0.39, 0.29) is 5.82 Å². The van der Waals surface area contributed by atoms with Crippen LogP contribution in [-0.2, 0) is 0 Å². The fourth-order valence-electron chi connectivity index (χ4n) is 2.35. The molecule has 0 bridgehead atoms. The van der Waals surface area contributed by atoms with Gasteiger partial charge < -0.3 is 4.42 Å². The van der Waals surface area contributed by atoms with Gasteiger partial charge >= 0.3 is 0 Å². The Kier molecular flexibility index (Phi) is 4.64. The van der Waals surface area contributed by atoms with Crippen LogP contribution in [0, 0.1) is 12.7 Å². The second kappa shape index (κ2) is 7.23. The Morgan fingerprint density at radius 1 is 1.12 bits per heavy atom. The van der Waals surface area contributed by atoms with Crippen molar-refractivity contribution in [1.82, 2.24) is 4.68 Å². The van der Waals surface area contributed by atoms with Gasteiger partial charge in [-0.1, -0.05) is 0 Å². The average molecular weight is 383 g/mol. The summed E-state index contributed by atoms with van der Waals surface area (Å²) in [5.74, 6) is 0.423. The molecule has 0 saturated heterocycles. The number of furan rings is 1. The van der Waals surface area contributed by atoms with E-state index >= 15 is 0 Å². The molecule has 3 aromatic heterocycles. The van der Waals surface area contributed by atoms with Gasteiger partial charge in [0, 0.05) is 15.1 Å².